The van der Waals surface area contributed by atoms with Gasteiger partial charge in [-0.3, -0.25) is 0 Å². The number of aromatic nitrogens is 1. The smallest absolute Gasteiger partial charge is 0.185 e. The molecular formula is C23H24Cl2N2O2S2. The Hall–Kier alpha value is -1.60. The predicted octanol–water partition coefficient (Wildman–Crippen LogP) is 6.10. The van der Waals surface area contributed by atoms with Gasteiger partial charge in [-0.05, 0) is 61.6 Å². The molecule has 1 aromatic heterocycles. The van der Waals surface area contributed by atoms with Crippen LogP contribution < -0.4 is 4.90 Å². The van der Waals surface area contributed by atoms with Gasteiger partial charge in [0.05, 0.1) is 25.9 Å². The molecule has 31 heavy (non-hydrogen) atoms. The molecule has 0 bridgehead atoms. The van der Waals surface area contributed by atoms with Crippen molar-refractivity contribution in [2.75, 3.05) is 18.0 Å². The molecule has 0 N–H and O–H groups in total. The van der Waals surface area contributed by atoms with Crippen molar-refractivity contribution >= 4 is 49.5 Å². The molecule has 0 atom stereocenters. The topological polar surface area (TPSA) is 50.3 Å². The molecular weight excluding hydrogens is 471 g/mol. The molecule has 0 saturated carbocycles. The highest BCUT2D eigenvalue weighted by atomic mass is 35.5. The van der Waals surface area contributed by atoms with E-state index in [0.717, 1.165) is 17.2 Å². The summed E-state index contributed by atoms with van der Waals surface area (Å²) in [4.78, 5) is 7.28. The highest BCUT2D eigenvalue weighted by Crippen LogP contribution is 2.32. The van der Waals surface area contributed by atoms with Gasteiger partial charge in [0.15, 0.2) is 15.0 Å². The lowest BCUT2D eigenvalue weighted by atomic mass is 9.99. The Labute approximate surface area is 197 Å². The number of aryl methyl sites for hydroxylation is 2. The van der Waals surface area contributed by atoms with Gasteiger partial charge in [0, 0.05) is 24.9 Å². The van der Waals surface area contributed by atoms with Gasteiger partial charge in [0.2, 0.25) is 0 Å². The van der Waals surface area contributed by atoms with E-state index in [1.54, 1.807) is 17.4 Å². The fourth-order valence-electron chi connectivity index (χ4n) is 4.04. The Morgan fingerprint density at radius 3 is 2.39 bits per heavy atom. The fraction of sp³-hybridized carbons (Fsp3) is 0.348. The summed E-state index contributed by atoms with van der Waals surface area (Å²) in [5, 5.41) is 3.27. The van der Waals surface area contributed by atoms with E-state index in [9.17, 15) is 8.42 Å². The standard InChI is InChI=1S/C23H24Cl2N2O2S2/c1-15-4-3-5-16(2)20(15)12-17-14-30-23(26-17)27-10-8-18(9-11-27)31(28,29)19-6-7-21(24)22(25)13-19/h3-7,13-14,18H,8-12H2,1-2H3. The molecule has 0 amide bonds. The lowest BCUT2D eigenvalue weighted by Gasteiger charge is -2.31. The number of sulfone groups is 1. The average molecular weight is 495 g/mol. The van der Waals surface area contributed by atoms with Crippen LogP contribution in [0.25, 0.3) is 0 Å². The number of hydrogen-bond donors (Lipinski definition) is 0. The zero-order chi connectivity index (χ0) is 22.2. The van der Waals surface area contributed by atoms with Gasteiger partial charge in [0.1, 0.15) is 0 Å². The quantitative estimate of drug-likeness (QED) is 0.429. The van der Waals surface area contributed by atoms with Crippen molar-refractivity contribution in [3.8, 4) is 0 Å². The normalized spacial score (nSPS) is 15.4. The number of anilines is 1. The SMILES string of the molecule is Cc1cccc(C)c1Cc1csc(N2CCC(S(=O)(=O)c3ccc(Cl)c(Cl)c3)CC2)n1. The molecule has 0 radical (unpaired) electrons. The Kier molecular flexibility index (Phi) is 6.63. The van der Waals surface area contributed by atoms with Gasteiger partial charge in [-0.25, -0.2) is 13.4 Å². The number of thiazole rings is 1. The molecule has 8 heteroatoms. The lowest BCUT2D eigenvalue weighted by molar-refractivity contribution is 0.529. The number of benzene rings is 2. The molecule has 0 spiro atoms. The summed E-state index contributed by atoms with van der Waals surface area (Å²) in [6.07, 6.45) is 1.94. The maximum Gasteiger partial charge on any atom is 0.185 e. The highest BCUT2D eigenvalue weighted by Gasteiger charge is 2.32. The second-order valence-corrected chi connectivity index (χ2v) is 11.9. The van der Waals surface area contributed by atoms with E-state index in [1.807, 2.05) is 0 Å². The summed E-state index contributed by atoms with van der Waals surface area (Å²) in [5.41, 5.74) is 4.94. The average Bonchev–Trinajstić information content (AvgIpc) is 3.21. The van der Waals surface area contributed by atoms with Gasteiger partial charge < -0.3 is 4.90 Å². The van der Waals surface area contributed by atoms with Crippen LogP contribution in [0, 0.1) is 13.8 Å². The van der Waals surface area contributed by atoms with Crippen LogP contribution in [0.1, 0.15) is 35.2 Å². The lowest BCUT2D eigenvalue weighted by Crippen LogP contribution is -2.39. The molecule has 1 aliphatic rings. The van der Waals surface area contributed by atoms with E-state index in [-0.39, 0.29) is 9.92 Å². The van der Waals surface area contributed by atoms with Gasteiger partial charge >= 0.3 is 0 Å². The second-order valence-electron chi connectivity index (χ2n) is 7.98. The summed E-state index contributed by atoms with van der Waals surface area (Å²) in [6.45, 7) is 5.60. The van der Waals surface area contributed by atoms with E-state index < -0.39 is 15.1 Å². The molecule has 4 nitrogen and oxygen atoms in total. The minimum absolute atomic E-state index is 0.241. The summed E-state index contributed by atoms with van der Waals surface area (Å²) < 4.78 is 26.1. The van der Waals surface area contributed by atoms with E-state index in [1.165, 1.54) is 28.8 Å². The van der Waals surface area contributed by atoms with Crippen molar-refractivity contribution in [2.45, 2.75) is 43.3 Å². The van der Waals surface area contributed by atoms with Crippen LogP contribution in [-0.4, -0.2) is 31.7 Å². The maximum absolute atomic E-state index is 13.0. The Morgan fingerprint density at radius 2 is 1.74 bits per heavy atom. The fourth-order valence-corrected chi connectivity index (χ4v) is 7.03. The molecule has 0 aliphatic carbocycles. The van der Waals surface area contributed by atoms with Crippen LogP contribution in [0.2, 0.25) is 10.0 Å². The number of halogens is 2. The van der Waals surface area contributed by atoms with Crippen molar-refractivity contribution < 1.29 is 8.42 Å². The van der Waals surface area contributed by atoms with Crippen LogP contribution in [0.4, 0.5) is 5.13 Å². The third-order valence-electron chi connectivity index (χ3n) is 5.91. The first-order chi connectivity index (χ1) is 14.8. The van der Waals surface area contributed by atoms with Gasteiger partial charge in [-0.2, -0.15) is 0 Å². The number of rotatable bonds is 5. The van der Waals surface area contributed by atoms with Crippen LogP contribution in [0.3, 0.4) is 0 Å². The molecule has 164 valence electrons. The summed E-state index contributed by atoms with van der Waals surface area (Å²) in [5.74, 6) is 0. The minimum atomic E-state index is -3.44. The molecule has 4 rings (SSSR count). The van der Waals surface area contributed by atoms with Crippen molar-refractivity contribution in [3.63, 3.8) is 0 Å². The van der Waals surface area contributed by atoms with Crippen LogP contribution in [-0.2, 0) is 16.3 Å². The van der Waals surface area contributed by atoms with Crippen molar-refractivity contribution in [3.05, 3.63) is 74.2 Å². The maximum atomic E-state index is 13.0. The minimum Gasteiger partial charge on any atom is -0.348 e. The molecule has 0 unspecified atom stereocenters. The number of piperidine rings is 1. The van der Waals surface area contributed by atoms with Crippen molar-refractivity contribution in [2.24, 2.45) is 0 Å². The monoisotopic (exact) mass is 494 g/mol. The first-order valence-electron chi connectivity index (χ1n) is 10.2. The third-order valence-corrected chi connectivity index (χ3v) is 9.86. The van der Waals surface area contributed by atoms with Gasteiger partial charge in [0.25, 0.3) is 0 Å². The Balaban J connectivity index is 1.43. The Bertz CT molecular complexity index is 1180. The second kappa shape index (κ2) is 9.10. The molecule has 2 aromatic carbocycles. The Morgan fingerprint density at radius 1 is 1.06 bits per heavy atom. The molecule has 1 saturated heterocycles. The van der Waals surface area contributed by atoms with Crippen LogP contribution >= 0.6 is 34.5 Å². The number of hydrogen-bond acceptors (Lipinski definition) is 5. The van der Waals surface area contributed by atoms with Crippen LogP contribution in [0.5, 0.6) is 0 Å². The third kappa shape index (κ3) is 4.77. The van der Waals surface area contributed by atoms with Crippen molar-refractivity contribution in [1.29, 1.82) is 0 Å². The molecule has 3 aromatic rings. The summed E-state index contributed by atoms with van der Waals surface area (Å²) in [6, 6.07) is 10.9. The molecule has 1 fully saturated rings. The van der Waals surface area contributed by atoms with E-state index in [0.29, 0.717) is 31.0 Å². The molecule has 2 heterocycles. The highest BCUT2D eigenvalue weighted by molar-refractivity contribution is 7.92. The largest absolute Gasteiger partial charge is 0.348 e. The zero-order valence-electron chi connectivity index (χ0n) is 17.4. The summed E-state index contributed by atoms with van der Waals surface area (Å²) in [7, 11) is -3.44. The van der Waals surface area contributed by atoms with Crippen LogP contribution in [0.15, 0.2) is 46.7 Å². The van der Waals surface area contributed by atoms with Gasteiger partial charge in [-0.1, -0.05) is 41.4 Å². The molecule has 1 aliphatic heterocycles. The zero-order valence-corrected chi connectivity index (χ0v) is 20.6. The van der Waals surface area contributed by atoms with E-state index in [2.05, 4.69) is 42.3 Å². The van der Waals surface area contributed by atoms with E-state index >= 15 is 0 Å². The first-order valence-corrected chi connectivity index (χ1v) is 13.4. The summed E-state index contributed by atoms with van der Waals surface area (Å²) >= 11 is 13.6. The first kappa shape index (κ1) is 22.6. The van der Waals surface area contributed by atoms with Gasteiger partial charge in [-0.15, -0.1) is 11.3 Å². The number of nitrogens with zero attached hydrogens (tertiary/aromatic N) is 2. The van der Waals surface area contributed by atoms with E-state index in [4.69, 9.17) is 28.2 Å². The van der Waals surface area contributed by atoms with Crippen molar-refractivity contribution in [1.82, 2.24) is 4.98 Å². The predicted molar refractivity (Wildman–Crippen MR) is 130 cm³/mol.